The maximum atomic E-state index is 12.5. The maximum absolute atomic E-state index is 12.5. The number of carbonyl (C=O) groups is 2. The lowest BCUT2D eigenvalue weighted by Gasteiger charge is -2.35. The van der Waals surface area contributed by atoms with Crippen molar-refractivity contribution in [3.8, 4) is 0 Å². The van der Waals surface area contributed by atoms with Crippen LogP contribution in [0.2, 0.25) is 0 Å². The predicted octanol–water partition coefficient (Wildman–Crippen LogP) is 0.616. The fourth-order valence-electron chi connectivity index (χ4n) is 2.32. The Morgan fingerprint density at radius 3 is 2.58 bits per heavy atom. The largest absolute Gasteiger partial charge is 0.391 e. The molecule has 1 heterocycles. The van der Waals surface area contributed by atoms with Crippen LogP contribution in [0.4, 0.5) is 0 Å². The minimum atomic E-state index is -0.555. The van der Waals surface area contributed by atoms with Crippen LogP contribution in [0.5, 0.6) is 0 Å². The molecule has 1 aliphatic rings. The minimum Gasteiger partial charge on any atom is -0.391 e. The van der Waals surface area contributed by atoms with Crippen LogP contribution in [0.1, 0.15) is 34.1 Å². The first-order valence-electron chi connectivity index (χ1n) is 6.65. The zero-order valence-electron chi connectivity index (χ0n) is 12.1. The average Bonchev–Trinajstić information content (AvgIpc) is 2.71. The van der Waals surface area contributed by atoms with Crippen LogP contribution in [0, 0.1) is 0 Å². The summed E-state index contributed by atoms with van der Waals surface area (Å²) in [7, 11) is 0. The van der Waals surface area contributed by atoms with Crippen molar-refractivity contribution in [2.75, 3.05) is 18.8 Å². The Balaban J connectivity index is 2.84. The van der Waals surface area contributed by atoms with Crippen LogP contribution in [-0.4, -0.2) is 57.6 Å². The number of carbonyl (C=O) groups excluding carboxylic acids is 2. The SMILES string of the molecule is CCSC(C)(C)C(NC(C)=O)C(=O)N1CCC(O)C1. The monoisotopic (exact) mass is 288 g/mol. The van der Waals surface area contributed by atoms with E-state index in [-0.39, 0.29) is 16.6 Å². The molecule has 19 heavy (non-hydrogen) atoms. The summed E-state index contributed by atoms with van der Waals surface area (Å²) in [5, 5.41) is 12.3. The second-order valence-corrected chi connectivity index (χ2v) is 7.31. The first-order valence-corrected chi connectivity index (χ1v) is 7.64. The number of nitrogens with one attached hydrogen (secondary N) is 1. The summed E-state index contributed by atoms with van der Waals surface area (Å²) in [4.78, 5) is 25.5. The highest BCUT2D eigenvalue weighted by molar-refractivity contribution is 8.00. The van der Waals surface area contributed by atoms with E-state index >= 15 is 0 Å². The number of aliphatic hydroxyl groups is 1. The van der Waals surface area contributed by atoms with E-state index in [4.69, 9.17) is 0 Å². The van der Waals surface area contributed by atoms with Crippen LogP contribution >= 0.6 is 11.8 Å². The molecule has 5 nitrogen and oxygen atoms in total. The van der Waals surface area contributed by atoms with Crippen LogP contribution in [-0.2, 0) is 9.59 Å². The van der Waals surface area contributed by atoms with E-state index < -0.39 is 12.1 Å². The van der Waals surface area contributed by atoms with Gasteiger partial charge in [-0.25, -0.2) is 0 Å². The zero-order chi connectivity index (χ0) is 14.6. The number of aliphatic hydroxyl groups excluding tert-OH is 1. The third kappa shape index (κ3) is 4.38. The standard InChI is InChI=1S/C13H24N2O3S/c1-5-19-13(3,4)11(14-9(2)16)12(18)15-7-6-10(17)8-15/h10-11,17H,5-8H2,1-4H3,(H,14,16). The van der Waals surface area contributed by atoms with Crippen LogP contribution in [0.25, 0.3) is 0 Å². The highest BCUT2D eigenvalue weighted by Crippen LogP contribution is 2.29. The number of rotatable bonds is 5. The van der Waals surface area contributed by atoms with Crippen molar-refractivity contribution >= 4 is 23.6 Å². The Morgan fingerprint density at radius 1 is 1.53 bits per heavy atom. The van der Waals surface area contributed by atoms with Crippen molar-refractivity contribution in [1.82, 2.24) is 10.2 Å². The summed E-state index contributed by atoms with van der Waals surface area (Å²) in [6.45, 7) is 8.30. The molecule has 0 radical (unpaired) electrons. The topological polar surface area (TPSA) is 69.6 Å². The highest BCUT2D eigenvalue weighted by atomic mass is 32.2. The number of hydrogen-bond donors (Lipinski definition) is 2. The molecular formula is C13H24N2O3S. The van der Waals surface area contributed by atoms with Gasteiger partial charge in [0, 0.05) is 24.8 Å². The van der Waals surface area contributed by atoms with Gasteiger partial charge >= 0.3 is 0 Å². The fraction of sp³-hybridized carbons (Fsp3) is 0.846. The van der Waals surface area contributed by atoms with Gasteiger partial charge in [-0.1, -0.05) is 6.92 Å². The first kappa shape index (κ1) is 16.3. The molecule has 2 amide bonds. The Morgan fingerprint density at radius 2 is 2.16 bits per heavy atom. The molecule has 2 N–H and O–H groups in total. The van der Waals surface area contributed by atoms with Gasteiger partial charge in [0.05, 0.1) is 6.10 Å². The van der Waals surface area contributed by atoms with E-state index in [1.165, 1.54) is 6.92 Å². The molecular weight excluding hydrogens is 264 g/mol. The highest BCUT2D eigenvalue weighted by Gasteiger charge is 2.40. The summed E-state index contributed by atoms with van der Waals surface area (Å²) in [5.41, 5.74) is 0. The molecule has 0 aliphatic carbocycles. The summed E-state index contributed by atoms with van der Waals surface area (Å²) in [6.07, 6.45) is 0.170. The number of likely N-dealkylation sites (tertiary alicyclic amines) is 1. The van der Waals surface area contributed by atoms with Gasteiger partial charge < -0.3 is 15.3 Å². The van der Waals surface area contributed by atoms with Crippen LogP contribution in [0.15, 0.2) is 0 Å². The van der Waals surface area contributed by atoms with Gasteiger partial charge in [-0.2, -0.15) is 11.8 Å². The number of nitrogens with zero attached hydrogens (tertiary/aromatic N) is 1. The molecule has 110 valence electrons. The van der Waals surface area contributed by atoms with Gasteiger partial charge in [-0.15, -0.1) is 0 Å². The molecule has 0 saturated carbocycles. The van der Waals surface area contributed by atoms with Gasteiger partial charge in [-0.3, -0.25) is 9.59 Å². The number of hydrogen-bond acceptors (Lipinski definition) is 4. The van der Waals surface area contributed by atoms with E-state index in [1.807, 2.05) is 20.8 Å². The van der Waals surface area contributed by atoms with Gasteiger partial charge in [-0.05, 0) is 26.0 Å². The summed E-state index contributed by atoms with van der Waals surface area (Å²) in [5.74, 6) is 0.569. The Bertz CT molecular complexity index is 347. The smallest absolute Gasteiger partial charge is 0.246 e. The van der Waals surface area contributed by atoms with Crippen molar-refractivity contribution in [3.05, 3.63) is 0 Å². The molecule has 2 unspecified atom stereocenters. The Hall–Kier alpha value is -0.750. The van der Waals surface area contributed by atoms with Crippen LogP contribution in [0.3, 0.4) is 0 Å². The van der Waals surface area contributed by atoms with Crippen LogP contribution < -0.4 is 5.32 Å². The molecule has 0 aromatic rings. The number of amides is 2. The zero-order valence-corrected chi connectivity index (χ0v) is 12.9. The van der Waals surface area contributed by atoms with Crippen molar-refractivity contribution in [2.24, 2.45) is 0 Å². The normalized spacial score (nSPS) is 21.3. The first-order chi connectivity index (χ1) is 8.77. The van der Waals surface area contributed by atoms with Crippen molar-refractivity contribution in [1.29, 1.82) is 0 Å². The number of thioether (sulfide) groups is 1. The Kier molecular flexibility index (Phi) is 5.67. The molecule has 0 aromatic heterocycles. The molecule has 0 bridgehead atoms. The molecule has 1 saturated heterocycles. The van der Waals surface area contributed by atoms with E-state index in [0.29, 0.717) is 19.5 Å². The molecule has 1 aliphatic heterocycles. The predicted molar refractivity (Wildman–Crippen MR) is 77.0 cm³/mol. The van der Waals surface area contributed by atoms with Gasteiger partial charge in [0.15, 0.2) is 0 Å². The molecule has 1 fully saturated rings. The quantitative estimate of drug-likeness (QED) is 0.778. The lowest BCUT2D eigenvalue weighted by Crippen LogP contribution is -2.56. The van der Waals surface area contributed by atoms with Crippen molar-refractivity contribution in [3.63, 3.8) is 0 Å². The summed E-state index contributed by atoms with van der Waals surface area (Å²) < 4.78 is -0.370. The molecule has 2 atom stereocenters. The number of β-amino-alcohol motifs (C(OH)–C–C–N with tert-alkyl or cyclic N) is 1. The van der Waals surface area contributed by atoms with E-state index in [0.717, 1.165) is 5.75 Å². The second-order valence-electron chi connectivity index (χ2n) is 5.40. The summed E-state index contributed by atoms with van der Waals surface area (Å²) in [6, 6.07) is -0.555. The lowest BCUT2D eigenvalue weighted by atomic mass is 10.0. The second kappa shape index (κ2) is 6.61. The molecule has 1 rings (SSSR count). The van der Waals surface area contributed by atoms with Gasteiger partial charge in [0.1, 0.15) is 6.04 Å². The molecule has 0 aromatic carbocycles. The fourth-order valence-corrected chi connectivity index (χ4v) is 3.39. The van der Waals surface area contributed by atoms with Gasteiger partial charge in [0.25, 0.3) is 0 Å². The van der Waals surface area contributed by atoms with Gasteiger partial charge in [0.2, 0.25) is 11.8 Å². The Labute approximate surface area is 119 Å². The van der Waals surface area contributed by atoms with Crippen molar-refractivity contribution < 1.29 is 14.7 Å². The van der Waals surface area contributed by atoms with E-state index in [1.54, 1.807) is 16.7 Å². The maximum Gasteiger partial charge on any atom is 0.246 e. The lowest BCUT2D eigenvalue weighted by molar-refractivity contribution is -0.136. The summed E-state index contributed by atoms with van der Waals surface area (Å²) >= 11 is 1.65. The molecule has 0 spiro atoms. The average molecular weight is 288 g/mol. The minimum absolute atomic E-state index is 0.0994. The molecule has 6 heteroatoms. The third-order valence-corrected chi connectivity index (χ3v) is 4.55. The van der Waals surface area contributed by atoms with E-state index in [9.17, 15) is 14.7 Å². The third-order valence-electron chi connectivity index (χ3n) is 3.28. The van der Waals surface area contributed by atoms with E-state index in [2.05, 4.69) is 5.32 Å². The van der Waals surface area contributed by atoms with Crippen molar-refractivity contribution in [2.45, 2.75) is 51.0 Å².